The predicted octanol–water partition coefficient (Wildman–Crippen LogP) is 2.19. The van der Waals surface area contributed by atoms with Crippen molar-refractivity contribution in [2.75, 3.05) is 29.9 Å². The van der Waals surface area contributed by atoms with Crippen LogP contribution in [-0.2, 0) is 4.74 Å². The van der Waals surface area contributed by atoms with Crippen molar-refractivity contribution in [1.29, 1.82) is 0 Å². The van der Waals surface area contributed by atoms with E-state index in [-0.39, 0.29) is 24.4 Å². The van der Waals surface area contributed by atoms with Gasteiger partial charge in [-0.3, -0.25) is 15.0 Å². The van der Waals surface area contributed by atoms with Crippen LogP contribution in [0.5, 0.6) is 0 Å². The number of carbonyl (C=O) groups excluding carboxylic acids is 2. The van der Waals surface area contributed by atoms with E-state index in [0.717, 1.165) is 6.42 Å². The molecule has 1 aliphatic heterocycles. The minimum atomic E-state index is -0.801. The van der Waals surface area contributed by atoms with Crippen molar-refractivity contribution in [3.05, 3.63) is 28.3 Å². The van der Waals surface area contributed by atoms with E-state index in [0.29, 0.717) is 37.3 Å². The summed E-state index contributed by atoms with van der Waals surface area (Å²) in [7, 11) is 0. The molecule has 142 valence electrons. The van der Waals surface area contributed by atoms with Crippen LogP contribution in [0, 0.1) is 10.1 Å². The number of para-hydroxylation sites is 1. The molecule has 1 heterocycles. The third-order valence-corrected chi connectivity index (χ3v) is 4.03. The molecule has 26 heavy (non-hydrogen) atoms. The predicted molar refractivity (Wildman–Crippen MR) is 96.3 cm³/mol. The van der Waals surface area contributed by atoms with E-state index in [4.69, 9.17) is 5.73 Å². The minimum Gasteiger partial charge on any atom is -0.450 e. The van der Waals surface area contributed by atoms with Crippen molar-refractivity contribution in [3.8, 4) is 0 Å². The Morgan fingerprint density at radius 3 is 2.88 bits per heavy atom. The quantitative estimate of drug-likeness (QED) is 0.348. The summed E-state index contributed by atoms with van der Waals surface area (Å²) in [5, 5.41) is 17.3. The fourth-order valence-electron chi connectivity index (χ4n) is 2.80. The summed E-state index contributed by atoms with van der Waals surface area (Å²) in [4.78, 5) is 34.9. The van der Waals surface area contributed by atoms with Crippen LogP contribution in [0.4, 0.5) is 26.7 Å². The first-order chi connectivity index (χ1) is 12.4. The molecule has 1 aliphatic rings. The number of carbonyl (C=O) groups is 2. The number of hydrogen-bond donors (Lipinski definition) is 3. The number of urea groups is 1. The van der Waals surface area contributed by atoms with Crippen LogP contribution in [0.3, 0.4) is 0 Å². The lowest BCUT2D eigenvalue weighted by atomic mass is 10.1. The molecule has 1 atom stereocenters. The largest absolute Gasteiger partial charge is 0.450 e. The van der Waals surface area contributed by atoms with Crippen LogP contribution in [0.2, 0.25) is 0 Å². The Morgan fingerprint density at radius 1 is 1.50 bits per heavy atom. The van der Waals surface area contributed by atoms with Crippen molar-refractivity contribution in [2.24, 2.45) is 5.73 Å². The molecule has 1 fully saturated rings. The van der Waals surface area contributed by atoms with Gasteiger partial charge in [-0.2, -0.15) is 0 Å². The van der Waals surface area contributed by atoms with Gasteiger partial charge in [0.05, 0.1) is 17.2 Å². The number of rotatable bonds is 9. The number of nitrogens with one attached hydrogen (secondary N) is 2. The Balaban J connectivity index is 2.07. The first-order valence-electron chi connectivity index (χ1n) is 8.41. The highest BCUT2D eigenvalue weighted by molar-refractivity contribution is 5.99. The highest BCUT2D eigenvalue weighted by atomic mass is 16.6. The molecule has 10 nitrogen and oxygen atoms in total. The molecule has 2 rings (SSSR count). The second-order valence-electron chi connectivity index (χ2n) is 6.02. The molecule has 3 amide bonds. The van der Waals surface area contributed by atoms with Gasteiger partial charge in [0.15, 0.2) is 0 Å². The van der Waals surface area contributed by atoms with Gasteiger partial charge in [-0.1, -0.05) is 6.07 Å². The monoisotopic (exact) mass is 365 g/mol. The number of benzene rings is 1. The molecule has 4 N–H and O–H groups in total. The van der Waals surface area contributed by atoms with Gasteiger partial charge in [-0.15, -0.1) is 0 Å². The maximum absolute atomic E-state index is 12.0. The van der Waals surface area contributed by atoms with E-state index >= 15 is 0 Å². The maximum Gasteiger partial charge on any atom is 0.404 e. The van der Waals surface area contributed by atoms with Crippen molar-refractivity contribution >= 4 is 29.2 Å². The van der Waals surface area contributed by atoms with Gasteiger partial charge in [0.2, 0.25) is 0 Å². The molecule has 1 aromatic carbocycles. The van der Waals surface area contributed by atoms with Crippen molar-refractivity contribution in [3.63, 3.8) is 0 Å². The number of primary amides is 1. The Morgan fingerprint density at radius 2 is 2.27 bits per heavy atom. The minimum absolute atomic E-state index is 0.0749. The third kappa shape index (κ3) is 4.98. The molecule has 1 aromatic rings. The second-order valence-corrected chi connectivity index (χ2v) is 6.02. The number of anilines is 2. The third-order valence-electron chi connectivity index (χ3n) is 4.03. The van der Waals surface area contributed by atoms with Gasteiger partial charge in [0, 0.05) is 25.2 Å². The average molecular weight is 365 g/mol. The Bertz CT molecular complexity index is 681. The number of amides is 3. The Kier molecular flexibility index (Phi) is 6.59. The molecule has 0 spiro atoms. The van der Waals surface area contributed by atoms with E-state index in [1.54, 1.807) is 12.1 Å². The summed E-state index contributed by atoms with van der Waals surface area (Å²) < 4.78 is 4.67. The summed E-state index contributed by atoms with van der Waals surface area (Å²) in [6, 6.07) is 4.32. The Labute approximate surface area is 150 Å². The van der Waals surface area contributed by atoms with Gasteiger partial charge >= 0.3 is 12.1 Å². The molecule has 0 aromatic heterocycles. The van der Waals surface area contributed by atoms with Gasteiger partial charge in [0.1, 0.15) is 5.69 Å². The number of hydrogen-bond acceptors (Lipinski definition) is 6. The molecular formula is C16H23N5O5. The van der Waals surface area contributed by atoms with Crippen LogP contribution in [0.15, 0.2) is 18.2 Å². The normalized spacial score (nSPS) is 14.7. The van der Waals surface area contributed by atoms with E-state index in [2.05, 4.69) is 15.4 Å². The number of nitro groups is 1. The number of nitro benzene ring substituents is 1. The van der Waals surface area contributed by atoms with Gasteiger partial charge in [-0.25, -0.2) is 9.59 Å². The summed E-state index contributed by atoms with van der Waals surface area (Å²) in [6.07, 6.45) is 1.30. The van der Waals surface area contributed by atoms with Crippen LogP contribution < -0.4 is 21.3 Å². The number of unbranched alkanes of at least 4 members (excludes halogenated alkanes) is 1. The fourth-order valence-corrected chi connectivity index (χ4v) is 2.80. The summed E-state index contributed by atoms with van der Waals surface area (Å²) >= 11 is 0. The zero-order valence-corrected chi connectivity index (χ0v) is 14.6. The molecule has 0 radical (unpaired) electrons. The molecule has 0 saturated carbocycles. The van der Waals surface area contributed by atoms with Crippen molar-refractivity contribution in [1.82, 2.24) is 5.32 Å². The lowest BCUT2D eigenvalue weighted by Crippen LogP contribution is -2.29. The molecule has 10 heteroatoms. The maximum atomic E-state index is 12.0. The molecule has 0 aliphatic carbocycles. The highest BCUT2D eigenvalue weighted by Gasteiger charge is 2.28. The van der Waals surface area contributed by atoms with Crippen molar-refractivity contribution in [2.45, 2.75) is 32.2 Å². The number of nitrogens with two attached hydrogens (primary N) is 1. The lowest BCUT2D eigenvalue weighted by molar-refractivity contribution is -0.383. The standard InChI is InChI=1S/C16H23N5O5/c1-11(5-2-3-10-26-15(17)22)19-14-12(20-9-8-18-16(20)23)6-4-7-13(14)21(24)25/h4,6-7,11,19H,2-3,5,8-10H2,1H3,(H2,17,22)(H,18,23)/t11-/m1/s1. The highest BCUT2D eigenvalue weighted by Crippen LogP contribution is 2.36. The molecule has 0 bridgehead atoms. The summed E-state index contributed by atoms with van der Waals surface area (Å²) in [5.41, 5.74) is 5.63. The molecule has 1 saturated heterocycles. The molecule has 0 unspecified atom stereocenters. The smallest absolute Gasteiger partial charge is 0.404 e. The van der Waals surface area contributed by atoms with Gasteiger partial charge in [0.25, 0.3) is 5.69 Å². The fraction of sp³-hybridized carbons (Fsp3) is 0.500. The van der Waals surface area contributed by atoms with Gasteiger partial charge in [-0.05, 0) is 32.3 Å². The average Bonchev–Trinajstić information content (AvgIpc) is 3.00. The first kappa shape index (κ1) is 19.3. The zero-order chi connectivity index (χ0) is 19.1. The van der Waals surface area contributed by atoms with E-state index in [1.807, 2.05) is 6.92 Å². The van der Waals surface area contributed by atoms with Crippen LogP contribution in [0.1, 0.15) is 26.2 Å². The SMILES string of the molecule is C[C@H](CCCCOC(N)=O)Nc1c(N2CCNC2=O)cccc1[N+](=O)[O-]. The van der Waals surface area contributed by atoms with Crippen LogP contribution in [-0.4, -0.2) is 42.8 Å². The van der Waals surface area contributed by atoms with Crippen LogP contribution in [0.25, 0.3) is 0 Å². The first-order valence-corrected chi connectivity index (χ1v) is 8.41. The molecular weight excluding hydrogens is 342 g/mol. The van der Waals surface area contributed by atoms with Crippen molar-refractivity contribution < 1.29 is 19.2 Å². The van der Waals surface area contributed by atoms with E-state index < -0.39 is 11.0 Å². The lowest BCUT2D eigenvalue weighted by Gasteiger charge is -2.22. The summed E-state index contributed by atoms with van der Waals surface area (Å²) in [6.45, 7) is 3.09. The summed E-state index contributed by atoms with van der Waals surface area (Å²) in [5.74, 6) is 0. The zero-order valence-electron chi connectivity index (χ0n) is 14.6. The number of ether oxygens (including phenoxy) is 1. The van der Waals surface area contributed by atoms with Gasteiger partial charge < -0.3 is 21.1 Å². The topological polar surface area (TPSA) is 140 Å². The van der Waals surface area contributed by atoms with Crippen LogP contribution >= 0.6 is 0 Å². The number of nitrogens with zero attached hydrogens (tertiary/aromatic N) is 2. The van der Waals surface area contributed by atoms with E-state index in [1.165, 1.54) is 11.0 Å². The second kappa shape index (κ2) is 8.88. The Hall–Kier alpha value is -3.04. The van der Waals surface area contributed by atoms with E-state index in [9.17, 15) is 19.7 Å².